The Labute approximate surface area is 238 Å². The van der Waals surface area contributed by atoms with Gasteiger partial charge in [0.25, 0.3) is 5.91 Å². The number of amides is 1. The zero-order valence-corrected chi connectivity index (χ0v) is 23.3. The zero-order chi connectivity index (χ0) is 27.7. The molecule has 4 aliphatic rings. The second kappa shape index (κ2) is 11.3. The van der Waals surface area contributed by atoms with Gasteiger partial charge < -0.3 is 24.2 Å². The van der Waals surface area contributed by atoms with Gasteiger partial charge in [0, 0.05) is 62.7 Å². The Morgan fingerprint density at radius 2 is 2.00 bits per heavy atom. The standard InChI is InChI=1S/C29H34ClN5O5/c1-38-26-5-2-4-21-15-33-11-8-29(37)9-12-34(17-22(29)16-33)28(36)20-6-7-25(24(30)14-20)39-13-3-10-35-18-23(31-32-35)19-40-27(21)26/h2,4-7,14,18,22,37H,3,8-13,15-17,19H2,1H3/t22-,29-/m1/s1. The summed E-state index contributed by atoms with van der Waals surface area (Å²) in [5.41, 5.74) is 1.45. The number of carbonyl (C=O) groups excluding carboxylic acids is 1. The summed E-state index contributed by atoms with van der Waals surface area (Å²) in [6, 6.07) is 11.1. The van der Waals surface area contributed by atoms with Crippen molar-refractivity contribution < 1.29 is 24.1 Å². The average molecular weight is 568 g/mol. The number of hydrogen-bond acceptors (Lipinski definition) is 8. The van der Waals surface area contributed by atoms with Crippen molar-refractivity contribution in [1.82, 2.24) is 24.8 Å². The van der Waals surface area contributed by atoms with Crippen LogP contribution in [-0.4, -0.2) is 81.3 Å². The molecule has 212 valence electrons. The highest BCUT2D eigenvalue weighted by atomic mass is 35.5. The largest absolute Gasteiger partial charge is 0.493 e. The van der Waals surface area contributed by atoms with E-state index in [0.29, 0.717) is 92.1 Å². The predicted molar refractivity (Wildman–Crippen MR) is 148 cm³/mol. The van der Waals surface area contributed by atoms with Gasteiger partial charge >= 0.3 is 0 Å². The van der Waals surface area contributed by atoms with Gasteiger partial charge in [-0.25, -0.2) is 0 Å². The minimum absolute atomic E-state index is 0.0695. The minimum atomic E-state index is -0.782. The van der Waals surface area contributed by atoms with E-state index in [1.54, 1.807) is 30.0 Å². The molecule has 11 heteroatoms. The molecular formula is C29H34ClN5O5. The van der Waals surface area contributed by atoms with Crippen LogP contribution in [-0.2, 0) is 19.7 Å². The van der Waals surface area contributed by atoms with Crippen molar-refractivity contribution in [2.75, 3.05) is 39.9 Å². The fraction of sp³-hybridized carbons (Fsp3) is 0.483. The zero-order valence-electron chi connectivity index (χ0n) is 22.6. The summed E-state index contributed by atoms with van der Waals surface area (Å²) < 4.78 is 19.5. The summed E-state index contributed by atoms with van der Waals surface area (Å²) >= 11 is 6.49. The Bertz CT molecular complexity index is 1380. The molecular weight excluding hydrogens is 534 g/mol. The van der Waals surface area contributed by atoms with Gasteiger partial charge in [0.2, 0.25) is 0 Å². The maximum Gasteiger partial charge on any atom is 0.253 e. The minimum Gasteiger partial charge on any atom is -0.493 e. The van der Waals surface area contributed by atoms with E-state index in [0.717, 1.165) is 12.1 Å². The number of halogens is 1. The normalized spacial score (nSPS) is 25.3. The monoisotopic (exact) mass is 567 g/mol. The first-order valence-electron chi connectivity index (χ1n) is 13.8. The SMILES string of the molecule is COc1cccc2c1OCc1cn(nn1)CCCOc1ccc(cc1Cl)C(=O)N1CC[C@]3(O)CCN(C2)C[C@@H]3C1. The highest BCUT2D eigenvalue weighted by molar-refractivity contribution is 6.32. The van der Waals surface area contributed by atoms with Gasteiger partial charge in [-0.2, -0.15) is 0 Å². The van der Waals surface area contributed by atoms with Crippen LogP contribution < -0.4 is 14.2 Å². The molecule has 7 bridgehead atoms. The number of aromatic nitrogens is 3. The number of methoxy groups -OCH3 is 1. The van der Waals surface area contributed by atoms with E-state index < -0.39 is 5.60 Å². The molecule has 1 aromatic heterocycles. The molecule has 3 atom stereocenters. The lowest BCUT2D eigenvalue weighted by molar-refractivity contribution is -0.108. The molecule has 4 aliphatic heterocycles. The summed E-state index contributed by atoms with van der Waals surface area (Å²) in [7, 11) is 1.63. The second-order valence-corrected chi connectivity index (χ2v) is 11.3. The van der Waals surface area contributed by atoms with Gasteiger partial charge in [0.15, 0.2) is 11.5 Å². The number of carbonyl (C=O) groups is 1. The van der Waals surface area contributed by atoms with Crippen LogP contribution in [0.4, 0.5) is 0 Å². The maximum absolute atomic E-state index is 13.5. The van der Waals surface area contributed by atoms with E-state index in [-0.39, 0.29) is 18.4 Å². The van der Waals surface area contributed by atoms with Gasteiger partial charge in [-0.1, -0.05) is 28.9 Å². The van der Waals surface area contributed by atoms with Crippen molar-refractivity contribution >= 4 is 17.5 Å². The lowest BCUT2D eigenvalue weighted by Crippen LogP contribution is -2.60. The molecule has 7 rings (SSSR count). The second-order valence-electron chi connectivity index (χ2n) is 10.8. The van der Waals surface area contributed by atoms with Crippen molar-refractivity contribution in [2.24, 2.45) is 5.92 Å². The lowest BCUT2D eigenvalue weighted by atomic mass is 9.75. The number of piperidine rings is 2. The molecule has 2 saturated heterocycles. The Morgan fingerprint density at radius 1 is 1.12 bits per heavy atom. The van der Waals surface area contributed by atoms with Crippen molar-refractivity contribution in [3.8, 4) is 17.2 Å². The summed E-state index contributed by atoms with van der Waals surface area (Å²) in [6.45, 7) is 4.37. The van der Waals surface area contributed by atoms with Gasteiger partial charge in [0.05, 0.1) is 30.5 Å². The summed E-state index contributed by atoms with van der Waals surface area (Å²) in [4.78, 5) is 17.6. The third kappa shape index (κ3) is 5.48. The van der Waals surface area contributed by atoms with Gasteiger partial charge in [-0.3, -0.25) is 14.4 Å². The van der Waals surface area contributed by atoms with Crippen molar-refractivity contribution in [2.45, 2.75) is 44.6 Å². The fourth-order valence-electron chi connectivity index (χ4n) is 5.95. The molecule has 5 heterocycles. The number of aliphatic hydroxyl groups is 1. The molecule has 2 aromatic carbocycles. The summed E-state index contributed by atoms with van der Waals surface area (Å²) in [5.74, 6) is 1.72. The van der Waals surface area contributed by atoms with Crippen LogP contribution in [0.15, 0.2) is 42.6 Å². The number of rotatable bonds is 1. The Balaban J connectivity index is 1.29. The van der Waals surface area contributed by atoms with Crippen LogP contribution in [0.1, 0.15) is 40.9 Å². The molecule has 0 saturated carbocycles. The molecule has 40 heavy (non-hydrogen) atoms. The lowest BCUT2D eigenvalue weighted by Gasteiger charge is -2.50. The molecule has 1 amide bonds. The number of nitrogens with zero attached hydrogens (tertiary/aromatic N) is 5. The van der Waals surface area contributed by atoms with Crippen LogP contribution in [0.25, 0.3) is 0 Å². The topological polar surface area (TPSA) is 102 Å². The van der Waals surface area contributed by atoms with Crippen LogP contribution in [0, 0.1) is 5.92 Å². The third-order valence-corrected chi connectivity index (χ3v) is 8.53. The van der Waals surface area contributed by atoms with E-state index in [1.165, 1.54) is 0 Å². The Hall–Kier alpha value is -3.34. The number of ether oxygens (including phenoxy) is 3. The molecule has 0 aliphatic carbocycles. The van der Waals surface area contributed by atoms with Gasteiger partial charge in [0.1, 0.15) is 18.1 Å². The highest BCUT2D eigenvalue weighted by Gasteiger charge is 2.46. The number of fused-ring (bicyclic) bond motifs is 6. The number of benzene rings is 2. The van der Waals surface area contributed by atoms with Crippen LogP contribution in [0.2, 0.25) is 5.02 Å². The molecule has 0 radical (unpaired) electrons. The maximum atomic E-state index is 13.5. The average Bonchev–Trinajstić information content (AvgIpc) is 3.42. The van der Waals surface area contributed by atoms with Crippen LogP contribution in [0.5, 0.6) is 17.2 Å². The Morgan fingerprint density at radius 3 is 2.85 bits per heavy atom. The van der Waals surface area contributed by atoms with Crippen molar-refractivity contribution in [3.63, 3.8) is 0 Å². The predicted octanol–water partition coefficient (Wildman–Crippen LogP) is 3.40. The van der Waals surface area contributed by atoms with Crippen molar-refractivity contribution in [1.29, 1.82) is 0 Å². The smallest absolute Gasteiger partial charge is 0.253 e. The van der Waals surface area contributed by atoms with E-state index >= 15 is 0 Å². The molecule has 1 N–H and O–H groups in total. The highest BCUT2D eigenvalue weighted by Crippen LogP contribution is 2.38. The first kappa shape index (κ1) is 26.9. The van der Waals surface area contributed by atoms with Crippen LogP contribution >= 0.6 is 11.6 Å². The van der Waals surface area contributed by atoms with Gasteiger partial charge in [-0.05, 0) is 37.1 Å². The van der Waals surface area contributed by atoms with Gasteiger partial charge in [-0.15, -0.1) is 5.10 Å². The molecule has 3 aromatic rings. The van der Waals surface area contributed by atoms with E-state index in [4.69, 9.17) is 25.8 Å². The van der Waals surface area contributed by atoms with E-state index in [9.17, 15) is 9.90 Å². The quantitative estimate of drug-likeness (QED) is 0.477. The summed E-state index contributed by atoms with van der Waals surface area (Å²) in [6.07, 6.45) is 3.78. The fourth-order valence-corrected chi connectivity index (χ4v) is 6.19. The van der Waals surface area contributed by atoms with E-state index in [2.05, 4.69) is 15.2 Å². The third-order valence-electron chi connectivity index (χ3n) is 8.23. The number of hydrogen-bond donors (Lipinski definition) is 1. The first-order chi connectivity index (χ1) is 19.4. The number of para-hydroxylation sites is 1. The summed E-state index contributed by atoms with van der Waals surface area (Å²) in [5, 5.41) is 20.4. The van der Waals surface area contributed by atoms with E-state index in [1.807, 2.05) is 29.3 Å². The van der Waals surface area contributed by atoms with Crippen molar-refractivity contribution in [3.05, 3.63) is 64.4 Å². The molecule has 0 spiro atoms. The molecule has 10 nitrogen and oxygen atoms in total. The first-order valence-corrected chi connectivity index (χ1v) is 14.1. The number of aryl methyl sites for hydroxylation is 1. The molecule has 1 unspecified atom stereocenters. The van der Waals surface area contributed by atoms with Crippen LogP contribution in [0.3, 0.4) is 0 Å². The molecule has 2 fully saturated rings. The Kier molecular flexibility index (Phi) is 7.57.